The molecule has 0 aliphatic carbocycles. The largest absolute Gasteiger partial charge is 0.461 e. The zero-order chi connectivity index (χ0) is 21.1. The minimum atomic E-state index is -0.255. The van der Waals surface area contributed by atoms with E-state index in [0.29, 0.717) is 29.6 Å². The highest BCUT2D eigenvalue weighted by Crippen LogP contribution is 2.20. The number of nitrogens with zero attached hydrogens (tertiary/aromatic N) is 4. The van der Waals surface area contributed by atoms with Crippen LogP contribution in [0.1, 0.15) is 21.5 Å². The summed E-state index contributed by atoms with van der Waals surface area (Å²) in [6.45, 7) is 2.45. The predicted molar refractivity (Wildman–Crippen MR) is 117 cm³/mol. The minimum absolute atomic E-state index is 0.255. The molecule has 2 aromatic heterocycles. The standard InChI is InChI=1S/C23H23N5O2/c1-16-6-4-7-18(14-16)22(29)28-23(25-21(26-28)20-8-5-13-30-20)24-15-17-9-11-19(12-10-17)27(2)3/h4-14H,15H2,1-3H3,(H,24,25,26). The topological polar surface area (TPSA) is 76.2 Å². The van der Waals surface area contributed by atoms with E-state index in [1.54, 1.807) is 24.5 Å². The van der Waals surface area contributed by atoms with Crippen LogP contribution in [0.25, 0.3) is 11.6 Å². The molecule has 0 aliphatic heterocycles. The summed E-state index contributed by atoms with van der Waals surface area (Å²) in [5.74, 6) is 0.967. The first-order chi connectivity index (χ1) is 14.5. The Morgan fingerprint density at radius 1 is 1.10 bits per heavy atom. The number of carbonyl (C=O) groups is 1. The van der Waals surface area contributed by atoms with Crippen LogP contribution in [-0.4, -0.2) is 34.8 Å². The first-order valence-corrected chi connectivity index (χ1v) is 9.64. The summed E-state index contributed by atoms with van der Waals surface area (Å²) < 4.78 is 6.70. The Bertz CT molecular complexity index is 1140. The number of nitrogens with one attached hydrogen (secondary N) is 1. The van der Waals surface area contributed by atoms with Gasteiger partial charge in [0.25, 0.3) is 5.91 Å². The predicted octanol–water partition coefficient (Wildman–Crippen LogP) is 4.21. The molecule has 152 valence electrons. The van der Waals surface area contributed by atoms with Gasteiger partial charge in [-0.15, -0.1) is 5.10 Å². The fourth-order valence-corrected chi connectivity index (χ4v) is 3.07. The van der Waals surface area contributed by atoms with Gasteiger partial charge in [-0.2, -0.15) is 9.67 Å². The van der Waals surface area contributed by atoms with E-state index in [1.807, 2.05) is 68.4 Å². The molecule has 0 amide bonds. The van der Waals surface area contributed by atoms with Crippen molar-refractivity contribution in [1.29, 1.82) is 0 Å². The van der Waals surface area contributed by atoms with Gasteiger partial charge in [-0.05, 0) is 48.9 Å². The van der Waals surface area contributed by atoms with Gasteiger partial charge in [-0.3, -0.25) is 4.79 Å². The maximum Gasteiger partial charge on any atom is 0.281 e. The van der Waals surface area contributed by atoms with Gasteiger partial charge in [0.15, 0.2) is 5.76 Å². The molecule has 0 saturated heterocycles. The molecule has 4 aromatic rings. The molecule has 0 atom stereocenters. The van der Waals surface area contributed by atoms with Crippen molar-refractivity contribution in [2.75, 3.05) is 24.3 Å². The Labute approximate surface area is 175 Å². The highest BCUT2D eigenvalue weighted by molar-refractivity contribution is 5.97. The van der Waals surface area contributed by atoms with E-state index >= 15 is 0 Å². The third-order valence-corrected chi connectivity index (χ3v) is 4.71. The average molecular weight is 401 g/mol. The molecule has 0 unspecified atom stereocenters. The Kier molecular flexibility index (Phi) is 5.34. The van der Waals surface area contributed by atoms with Gasteiger partial charge < -0.3 is 14.6 Å². The van der Waals surface area contributed by atoms with Crippen molar-refractivity contribution < 1.29 is 9.21 Å². The smallest absolute Gasteiger partial charge is 0.281 e. The zero-order valence-corrected chi connectivity index (χ0v) is 17.2. The molecule has 30 heavy (non-hydrogen) atoms. The van der Waals surface area contributed by atoms with E-state index in [9.17, 15) is 4.79 Å². The maximum atomic E-state index is 13.1. The Balaban J connectivity index is 1.63. The van der Waals surface area contributed by atoms with Crippen LogP contribution < -0.4 is 10.2 Å². The molecular weight excluding hydrogens is 378 g/mol. The lowest BCUT2D eigenvalue weighted by Gasteiger charge is -2.13. The molecule has 7 nitrogen and oxygen atoms in total. The van der Waals surface area contributed by atoms with Crippen LogP contribution in [0.4, 0.5) is 11.6 Å². The van der Waals surface area contributed by atoms with Crippen molar-refractivity contribution >= 4 is 17.5 Å². The third-order valence-electron chi connectivity index (χ3n) is 4.71. The van der Waals surface area contributed by atoms with Crippen LogP contribution in [0.15, 0.2) is 71.3 Å². The summed E-state index contributed by atoms with van der Waals surface area (Å²) >= 11 is 0. The second-order valence-electron chi connectivity index (χ2n) is 7.24. The molecular formula is C23H23N5O2. The molecule has 0 fully saturated rings. The lowest BCUT2D eigenvalue weighted by atomic mass is 10.1. The maximum absolute atomic E-state index is 13.1. The summed E-state index contributed by atoms with van der Waals surface area (Å²) in [4.78, 5) is 19.7. The van der Waals surface area contributed by atoms with E-state index in [1.165, 1.54) is 4.68 Å². The molecule has 0 aliphatic rings. The summed E-state index contributed by atoms with van der Waals surface area (Å²) in [5.41, 5.74) is 3.74. The lowest BCUT2D eigenvalue weighted by molar-refractivity contribution is 0.0947. The summed E-state index contributed by atoms with van der Waals surface area (Å²) in [6, 6.07) is 19.1. The zero-order valence-electron chi connectivity index (χ0n) is 17.2. The molecule has 0 bridgehead atoms. The van der Waals surface area contributed by atoms with Crippen LogP contribution in [0.3, 0.4) is 0 Å². The van der Waals surface area contributed by atoms with Crippen molar-refractivity contribution in [3.05, 3.63) is 83.6 Å². The fourth-order valence-electron chi connectivity index (χ4n) is 3.07. The fraction of sp³-hybridized carbons (Fsp3) is 0.174. The second-order valence-corrected chi connectivity index (χ2v) is 7.24. The number of rotatable bonds is 6. The number of hydrogen-bond acceptors (Lipinski definition) is 6. The van der Waals surface area contributed by atoms with E-state index < -0.39 is 0 Å². The van der Waals surface area contributed by atoms with Crippen molar-refractivity contribution in [3.63, 3.8) is 0 Å². The Morgan fingerprint density at radius 2 is 1.90 bits per heavy atom. The highest BCUT2D eigenvalue weighted by atomic mass is 16.3. The van der Waals surface area contributed by atoms with Gasteiger partial charge in [0.05, 0.1) is 6.26 Å². The number of anilines is 2. The molecule has 7 heteroatoms. The molecule has 1 N–H and O–H groups in total. The van der Waals surface area contributed by atoms with Crippen molar-refractivity contribution in [3.8, 4) is 11.6 Å². The van der Waals surface area contributed by atoms with Gasteiger partial charge >= 0.3 is 0 Å². The number of hydrogen-bond donors (Lipinski definition) is 1. The highest BCUT2D eigenvalue weighted by Gasteiger charge is 2.20. The SMILES string of the molecule is Cc1cccc(C(=O)n2nc(-c3ccco3)nc2NCc2ccc(N(C)C)cc2)c1. The summed E-state index contributed by atoms with van der Waals surface area (Å²) in [6.07, 6.45) is 1.55. The molecule has 0 spiro atoms. The van der Waals surface area contributed by atoms with Crippen LogP contribution in [0, 0.1) is 6.92 Å². The minimum Gasteiger partial charge on any atom is -0.461 e. The second kappa shape index (κ2) is 8.24. The van der Waals surface area contributed by atoms with Crippen LogP contribution in [0.2, 0.25) is 0 Å². The monoisotopic (exact) mass is 401 g/mol. The van der Waals surface area contributed by atoms with Gasteiger partial charge in [0, 0.05) is 31.9 Å². The third kappa shape index (κ3) is 4.10. The normalized spacial score (nSPS) is 10.8. The van der Waals surface area contributed by atoms with E-state index in [0.717, 1.165) is 16.8 Å². The average Bonchev–Trinajstić information content (AvgIpc) is 3.42. The van der Waals surface area contributed by atoms with Gasteiger partial charge in [-0.1, -0.05) is 29.8 Å². The van der Waals surface area contributed by atoms with E-state index in [4.69, 9.17) is 4.42 Å². The molecule has 2 heterocycles. The lowest BCUT2D eigenvalue weighted by Crippen LogP contribution is -2.17. The van der Waals surface area contributed by atoms with Crippen molar-refractivity contribution in [1.82, 2.24) is 14.8 Å². The number of furan rings is 1. The quantitative estimate of drug-likeness (QED) is 0.521. The van der Waals surface area contributed by atoms with Gasteiger partial charge in [0.2, 0.25) is 11.8 Å². The van der Waals surface area contributed by atoms with E-state index in [2.05, 4.69) is 15.4 Å². The molecule has 2 aromatic carbocycles. The number of carbonyl (C=O) groups excluding carboxylic acids is 1. The van der Waals surface area contributed by atoms with Crippen molar-refractivity contribution in [2.45, 2.75) is 13.5 Å². The molecule has 0 radical (unpaired) electrons. The van der Waals surface area contributed by atoms with Gasteiger partial charge in [-0.25, -0.2) is 0 Å². The van der Waals surface area contributed by atoms with Gasteiger partial charge in [0.1, 0.15) is 0 Å². The van der Waals surface area contributed by atoms with E-state index in [-0.39, 0.29) is 5.91 Å². The number of aryl methyl sites for hydroxylation is 1. The number of aromatic nitrogens is 3. The number of benzene rings is 2. The first-order valence-electron chi connectivity index (χ1n) is 9.64. The van der Waals surface area contributed by atoms with Crippen molar-refractivity contribution in [2.24, 2.45) is 0 Å². The summed E-state index contributed by atoms with van der Waals surface area (Å²) in [5, 5.41) is 7.64. The Morgan fingerprint density at radius 3 is 2.57 bits per heavy atom. The molecule has 4 rings (SSSR count). The van der Waals surface area contributed by atoms with Crippen LogP contribution in [0.5, 0.6) is 0 Å². The van der Waals surface area contributed by atoms with Crippen LogP contribution in [-0.2, 0) is 6.54 Å². The van der Waals surface area contributed by atoms with Crippen LogP contribution >= 0.6 is 0 Å². The summed E-state index contributed by atoms with van der Waals surface area (Å²) in [7, 11) is 4.01. The first kappa shape index (κ1) is 19.4. The molecule has 0 saturated carbocycles. The Hall–Kier alpha value is -3.87.